The summed E-state index contributed by atoms with van der Waals surface area (Å²) in [5.41, 5.74) is 0.857. The smallest absolute Gasteiger partial charge is 0.330 e. The van der Waals surface area contributed by atoms with Crippen LogP contribution in [0.25, 0.3) is 0 Å². The summed E-state index contributed by atoms with van der Waals surface area (Å²) < 4.78 is 29.1. The van der Waals surface area contributed by atoms with E-state index in [0.29, 0.717) is 17.1 Å². The Kier molecular flexibility index (Phi) is 6.23. The molecule has 1 atom stereocenters. The van der Waals surface area contributed by atoms with E-state index < -0.39 is 23.7 Å². The first-order valence-corrected chi connectivity index (χ1v) is 7.92. The molecule has 2 rings (SSSR count). The van der Waals surface area contributed by atoms with Crippen LogP contribution in [0.3, 0.4) is 0 Å². The van der Waals surface area contributed by atoms with Crippen molar-refractivity contribution < 1.29 is 33.3 Å². The van der Waals surface area contributed by atoms with E-state index in [1.807, 2.05) is 0 Å². The highest BCUT2D eigenvalue weighted by Crippen LogP contribution is 2.30. The van der Waals surface area contributed by atoms with Gasteiger partial charge in [-0.3, -0.25) is 4.79 Å². The standard InChI is InChI=1S/C19H20FNO6/c1-10-7-15(26-3)16(27-4)9-12(10)18(22)21-17(19(23)24)11-5-6-14(25-2)13(20)8-11/h5-9,17H,1-4H3,(H,21,22)(H,23,24). The van der Waals surface area contributed by atoms with Crippen LogP contribution in [-0.2, 0) is 4.79 Å². The van der Waals surface area contributed by atoms with E-state index in [9.17, 15) is 19.1 Å². The number of carbonyl (C=O) groups excluding carboxylic acids is 1. The molecule has 0 saturated carbocycles. The largest absolute Gasteiger partial charge is 0.494 e. The molecule has 2 aromatic carbocycles. The quantitative estimate of drug-likeness (QED) is 0.771. The van der Waals surface area contributed by atoms with Crippen molar-refractivity contribution in [3.63, 3.8) is 0 Å². The molecule has 8 heteroatoms. The second kappa shape index (κ2) is 8.39. The van der Waals surface area contributed by atoms with E-state index in [1.165, 1.54) is 39.5 Å². The third-order valence-electron chi connectivity index (χ3n) is 4.01. The van der Waals surface area contributed by atoms with Crippen LogP contribution >= 0.6 is 0 Å². The molecule has 0 aliphatic heterocycles. The summed E-state index contributed by atoms with van der Waals surface area (Å²) in [6.07, 6.45) is 0. The average Bonchev–Trinajstić information content (AvgIpc) is 2.65. The summed E-state index contributed by atoms with van der Waals surface area (Å²) in [5.74, 6) is -1.94. The first-order valence-electron chi connectivity index (χ1n) is 7.92. The summed E-state index contributed by atoms with van der Waals surface area (Å²) in [4.78, 5) is 24.3. The van der Waals surface area contributed by atoms with Gasteiger partial charge in [-0.25, -0.2) is 9.18 Å². The molecule has 0 spiro atoms. The molecule has 1 amide bonds. The number of carbonyl (C=O) groups is 2. The third-order valence-corrected chi connectivity index (χ3v) is 4.01. The molecule has 144 valence electrons. The lowest BCUT2D eigenvalue weighted by Gasteiger charge is -2.17. The van der Waals surface area contributed by atoms with E-state index >= 15 is 0 Å². The first kappa shape index (κ1) is 20.0. The minimum Gasteiger partial charge on any atom is -0.494 e. The Balaban J connectivity index is 2.36. The molecule has 0 heterocycles. The van der Waals surface area contributed by atoms with E-state index in [-0.39, 0.29) is 16.9 Å². The molecule has 0 saturated heterocycles. The number of aryl methyl sites for hydroxylation is 1. The number of carboxylic acid groups (broad SMARTS) is 1. The second-order valence-electron chi connectivity index (χ2n) is 5.66. The van der Waals surface area contributed by atoms with E-state index in [1.54, 1.807) is 13.0 Å². The van der Waals surface area contributed by atoms with Gasteiger partial charge in [0.1, 0.15) is 0 Å². The molecule has 1 unspecified atom stereocenters. The first-order chi connectivity index (χ1) is 12.8. The van der Waals surface area contributed by atoms with Crippen molar-refractivity contribution in [1.29, 1.82) is 0 Å². The molecule has 7 nitrogen and oxygen atoms in total. The van der Waals surface area contributed by atoms with Gasteiger partial charge in [0.15, 0.2) is 29.1 Å². The Labute approximate surface area is 155 Å². The van der Waals surface area contributed by atoms with Gasteiger partial charge >= 0.3 is 5.97 Å². The third kappa shape index (κ3) is 4.28. The second-order valence-corrected chi connectivity index (χ2v) is 5.66. The molecule has 0 aromatic heterocycles. The fraction of sp³-hybridized carbons (Fsp3) is 0.263. The highest BCUT2D eigenvalue weighted by Gasteiger charge is 2.25. The number of carboxylic acids is 1. The lowest BCUT2D eigenvalue weighted by atomic mass is 10.0. The SMILES string of the molecule is COc1ccc(C(NC(=O)c2cc(OC)c(OC)cc2C)C(=O)O)cc1F. The number of hydrogen-bond acceptors (Lipinski definition) is 5. The number of ether oxygens (including phenoxy) is 3. The summed E-state index contributed by atoms with van der Waals surface area (Å²) in [6, 6.07) is 5.31. The Morgan fingerprint density at radius 1 is 1.00 bits per heavy atom. The van der Waals surface area contributed by atoms with Crippen LogP contribution in [0, 0.1) is 12.7 Å². The van der Waals surface area contributed by atoms with Crippen molar-refractivity contribution in [2.75, 3.05) is 21.3 Å². The van der Waals surface area contributed by atoms with Crippen molar-refractivity contribution in [3.8, 4) is 17.2 Å². The van der Waals surface area contributed by atoms with E-state index in [4.69, 9.17) is 14.2 Å². The Bertz CT molecular complexity index is 868. The molecular formula is C19H20FNO6. The predicted molar refractivity (Wildman–Crippen MR) is 95.1 cm³/mol. The Hall–Kier alpha value is -3.29. The van der Waals surface area contributed by atoms with Crippen LogP contribution in [0.4, 0.5) is 4.39 Å². The van der Waals surface area contributed by atoms with Gasteiger partial charge in [-0.15, -0.1) is 0 Å². The number of aliphatic carboxylic acids is 1. The zero-order chi connectivity index (χ0) is 20.1. The van der Waals surface area contributed by atoms with Crippen molar-refractivity contribution in [2.24, 2.45) is 0 Å². The fourth-order valence-electron chi connectivity index (χ4n) is 2.58. The molecule has 0 radical (unpaired) electrons. The van der Waals surface area contributed by atoms with E-state index in [0.717, 1.165) is 6.07 Å². The zero-order valence-corrected chi connectivity index (χ0v) is 15.3. The van der Waals surface area contributed by atoms with Gasteiger partial charge in [0, 0.05) is 5.56 Å². The number of halogens is 1. The lowest BCUT2D eigenvalue weighted by Crippen LogP contribution is -2.34. The molecule has 0 fully saturated rings. The number of amides is 1. The van der Waals surface area contributed by atoms with Crippen LogP contribution < -0.4 is 19.5 Å². The maximum Gasteiger partial charge on any atom is 0.330 e. The summed E-state index contributed by atoms with van der Waals surface area (Å²) >= 11 is 0. The van der Waals surface area contributed by atoms with Gasteiger partial charge in [0.05, 0.1) is 21.3 Å². The average molecular weight is 377 g/mol. The van der Waals surface area contributed by atoms with Crippen LogP contribution in [0.15, 0.2) is 30.3 Å². The van der Waals surface area contributed by atoms with E-state index in [2.05, 4.69) is 5.32 Å². The zero-order valence-electron chi connectivity index (χ0n) is 15.3. The van der Waals surface area contributed by atoms with Gasteiger partial charge in [-0.1, -0.05) is 6.07 Å². The number of benzene rings is 2. The number of methoxy groups -OCH3 is 3. The predicted octanol–water partition coefficient (Wildman–Crippen LogP) is 2.72. The minimum absolute atomic E-state index is 0.0232. The fourth-order valence-corrected chi connectivity index (χ4v) is 2.58. The number of rotatable bonds is 7. The van der Waals surface area contributed by atoms with Crippen molar-refractivity contribution in [2.45, 2.75) is 13.0 Å². The van der Waals surface area contributed by atoms with Crippen LogP contribution in [-0.4, -0.2) is 38.3 Å². The van der Waals surface area contributed by atoms with Gasteiger partial charge in [-0.05, 0) is 42.3 Å². The lowest BCUT2D eigenvalue weighted by molar-refractivity contribution is -0.139. The van der Waals surface area contributed by atoms with Crippen LogP contribution in [0.1, 0.15) is 27.5 Å². The van der Waals surface area contributed by atoms with Crippen molar-refractivity contribution >= 4 is 11.9 Å². The molecule has 27 heavy (non-hydrogen) atoms. The number of nitrogens with one attached hydrogen (secondary N) is 1. The molecule has 2 aromatic rings. The van der Waals surface area contributed by atoms with Crippen molar-refractivity contribution in [3.05, 3.63) is 52.8 Å². The molecule has 2 N–H and O–H groups in total. The van der Waals surface area contributed by atoms with Crippen LogP contribution in [0.2, 0.25) is 0 Å². The van der Waals surface area contributed by atoms with Gasteiger partial charge in [0.25, 0.3) is 5.91 Å². The highest BCUT2D eigenvalue weighted by atomic mass is 19.1. The Morgan fingerprint density at radius 2 is 1.59 bits per heavy atom. The topological polar surface area (TPSA) is 94.1 Å². The van der Waals surface area contributed by atoms with Gasteiger partial charge < -0.3 is 24.6 Å². The molecular weight excluding hydrogens is 357 g/mol. The highest BCUT2D eigenvalue weighted by molar-refractivity contribution is 5.98. The molecule has 0 bridgehead atoms. The van der Waals surface area contributed by atoms with Crippen LogP contribution in [0.5, 0.6) is 17.2 Å². The van der Waals surface area contributed by atoms with Gasteiger partial charge in [0.2, 0.25) is 0 Å². The molecule has 0 aliphatic rings. The number of hydrogen-bond donors (Lipinski definition) is 2. The monoisotopic (exact) mass is 377 g/mol. The Morgan fingerprint density at radius 3 is 2.11 bits per heavy atom. The maximum atomic E-state index is 13.9. The van der Waals surface area contributed by atoms with Crippen molar-refractivity contribution in [1.82, 2.24) is 5.32 Å². The molecule has 0 aliphatic carbocycles. The maximum absolute atomic E-state index is 13.9. The summed E-state index contributed by atoms with van der Waals surface area (Å²) in [5, 5.41) is 11.9. The summed E-state index contributed by atoms with van der Waals surface area (Å²) in [7, 11) is 4.19. The minimum atomic E-state index is -1.44. The summed E-state index contributed by atoms with van der Waals surface area (Å²) in [6.45, 7) is 1.68. The normalized spacial score (nSPS) is 11.4. The van der Waals surface area contributed by atoms with Gasteiger partial charge in [-0.2, -0.15) is 0 Å².